The van der Waals surface area contributed by atoms with Crippen LogP contribution in [0.5, 0.6) is 0 Å². The summed E-state index contributed by atoms with van der Waals surface area (Å²) in [7, 11) is 0. The fourth-order valence-electron chi connectivity index (χ4n) is 6.11. The van der Waals surface area contributed by atoms with Crippen LogP contribution in [0.15, 0.2) is 48.3 Å². The van der Waals surface area contributed by atoms with Gasteiger partial charge in [0.2, 0.25) is 0 Å². The fourth-order valence-corrected chi connectivity index (χ4v) is 6.11. The number of benzene rings is 1. The number of piperidine rings is 1. The van der Waals surface area contributed by atoms with Gasteiger partial charge in [0.1, 0.15) is 6.33 Å². The molecular formula is C22H24N4. The summed E-state index contributed by atoms with van der Waals surface area (Å²) in [6, 6.07) is 9.59. The molecule has 1 N–H and O–H groups in total. The zero-order valence-electron chi connectivity index (χ0n) is 15.0. The van der Waals surface area contributed by atoms with E-state index in [-0.39, 0.29) is 5.41 Å². The molecule has 0 bridgehead atoms. The Kier molecular flexibility index (Phi) is 3.10. The van der Waals surface area contributed by atoms with E-state index in [4.69, 9.17) is 0 Å². The molecule has 2 aromatic rings. The van der Waals surface area contributed by atoms with E-state index in [0.29, 0.717) is 12.0 Å². The van der Waals surface area contributed by atoms with Crippen LogP contribution >= 0.6 is 0 Å². The van der Waals surface area contributed by atoms with E-state index in [2.05, 4.69) is 56.5 Å². The molecule has 3 unspecified atom stereocenters. The Morgan fingerprint density at radius 3 is 3.19 bits per heavy atom. The maximum atomic E-state index is 4.53. The number of rotatable bonds is 1. The lowest BCUT2D eigenvalue weighted by atomic mass is 9.63. The lowest BCUT2D eigenvalue weighted by Crippen LogP contribution is -2.47. The lowest BCUT2D eigenvalue weighted by Gasteiger charge is -2.48. The van der Waals surface area contributed by atoms with Crippen LogP contribution in [-0.4, -0.2) is 27.9 Å². The van der Waals surface area contributed by atoms with Gasteiger partial charge in [0.15, 0.2) is 5.82 Å². The number of hydrogen-bond donors (Lipinski definition) is 1. The first-order chi connectivity index (χ1) is 12.9. The van der Waals surface area contributed by atoms with E-state index in [0.717, 1.165) is 31.8 Å². The topological polar surface area (TPSA) is 42.7 Å². The summed E-state index contributed by atoms with van der Waals surface area (Å²) < 4.78 is 2.42. The largest absolute Gasteiger partial charge is 0.316 e. The van der Waals surface area contributed by atoms with Gasteiger partial charge >= 0.3 is 0 Å². The molecule has 1 fully saturated rings. The summed E-state index contributed by atoms with van der Waals surface area (Å²) in [5, 5.41) is 12.5. The molecular weight excluding hydrogens is 320 g/mol. The monoisotopic (exact) mass is 344 g/mol. The highest BCUT2D eigenvalue weighted by atomic mass is 15.3. The highest BCUT2D eigenvalue weighted by molar-refractivity contribution is 5.75. The number of allylic oxidation sites excluding steroid dienone is 4. The number of nitrogens with one attached hydrogen (secondary N) is 1. The third-order valence-corrected chi connectivity index (χ3v) is 7.29. The average molecular weight is 344 g/mol. The maximum Gasteiger partial charge on any atom is 0.163 e. The van der Waals surface area contributed by atoms with Crippen LogP contribution in [0, 0.1) is 5.41 Å². The van der Waals surface area contributed by atoms with Gasteiger partial charge in [-0.05, 0) is 49.8 Å². The minimum atomic E-state index is 0.283. The molecule has 0 radical (unpaired) electrons. The number of fused-ring (bicyclic) bond motifs is 5. The van der Waals surface area contributed by atoms with Crippen LogP contribution in [0.1, 0.15) is 54.6 Å². The quantitative estimate of drug-likeness (QED) is 0.859. The molecule has 0 spiro atoms. The van der Waals surface area contributed by atoms with Crippen LogP contribution in [0.4, 0.5) is 0 Å². The van der Waals surface area contributed by atoms with Crippen molar-refractivity contribution in [2.75, 3.05) is 13.1 Å². The van der Waals surface area contributed by atoms with Crippen LogP contribution in [0.2, 0.25) is 0 Å². The second kappa shape index (κ2) is 5.40. The predicted octanol–water partition coefficient (Wildman–Crippen LogP) is 3.65. The molecule has 1 aromatic carbocycles. The van der Waals surface area contributed by atoms with Gasteiger partial charge in [0, 0.05) is 29.5 Å². The molecule has 0 saturated carbocycles. The Balaban J connectivity index is 1.51. The minimum absolute atomic E-state index is 0.283. The van der Waals surface area contributed by atoms with Crippen LogP contribution in [0.25, 0.3) is 5.57 Å². The van der Waals surface area contributed by atoms with Crippen molar-refractivity contribution in [3.63, 3.8) is 0 Å². The predicted molar refractivity (Wildman–Crippen MR) is 102 cm³/mol. The normalized spacial score (nSPS) is 32.0. The van der Waals surface area contributed by atoms with Gasteiger partial charge in [-0.1, -0.05) is 42.0 Å². The van der Waals surface area contributed by atoms with Gasteiger partial charge in [0.05, 0.1) is 0 Å². The zero-order chi connectivity index (χ0) is 17.1. The average Bonchev–Trinajstić information content (AvgIpc) is 3.31. The van der Waals surface area contributed by atoms with Gasteiger partial charge in [-0.25, -0.2) is 0 Å². The Bertz CT molecular complexity index is 937. The molecule has 2 aliphatic heterocycles. The third kappa shape index (κ3) is 1.88. The van der Waals surface area contributed by atoms with E-state index >= 15 is 0 Å². The fraction of sp³-hybridized carbons (Fsp3) is 0.455. The highest BCUT2D eigenvalue weighted by Crippen LogP contribution is 2.59. The number of nitrogens with zero attached hydrogens (tertiary/aromatic N) is 3. The van der Waals surface area contributed by atoms with Crippen LogP contribution < -0.4 is 5.32 Å². The molecule has 1 aromatic heterocycles. The second-order valence-corrected chi connectivity index (χ2v) is 8.36. The summed E-state index contributed by atoms with van der Waals surface area (Å²) in [5.74, 6) is 1.68. The van der Waals surface area contributed by atoms with Crippen molar-refractivity contribution in [2.24, 2.45) is 5.41 Å². The van der Waals surface area contributed by atoms with Gasteiger partial charge < -0.3 is 9.88 Å². The van der Waals surface area contributed by atoms with E-state index in [1.165, 1.54) is 24.8 Å². The van der Waals surface area contributed by atoms with E-state index < -0.39 is 0 Å². The number of hydrogen-bond acceptors (Lipinski definition) is 3. The molecule has 0 amide bonds. The third-order valence-electron chi connectivity index (χ3n) is 7.29. The Labute approximate surface area is 154 Å². The van der Waals surface area contributed by atoms with Crippen molar-refractivity contribution in [2.45, 2.75) is 44.1 Å². The van der Waals surface area contributed by atoms with Gasteiger partial charge in [-0.15, -0.1) is 10.2 Å². The minimum Gasteiger partial charge on any atom is -0.316 e. The molecule has 2 aliphatic carbocycles. The van der Waals surface area contributed by atoms with E-state index in [1.54, 1.807) is 16.7 Å². The lowest BCUT2D eigenvalue weighted by molar-refractivity contribution is 0.0935. The Morgan fingerprint density at radius 1 is 1.23 bits per heavy atom. The molecule has 4 nitrogen and oxygen atoms in total. The molecule has 4 heteroatoms. The first kappa shape index (κ1) is 14.9. The zero-order valence-corrected chi connectivity index (χ0v) is 15.0. The molecule has 1 saturated heterocycles. The number of aromatic nitrogens is 3. The van der Waals surface area contributed by atoms with Crippen LogP contribution in [0.3, 0.4) is 0 Å². The summed E-state index contributed by atoms with van der Waals surface area (Å²) in [6.07, 6.45) is 12.5. The van der Waals surface area contributed by atoms with Crippen molar-refractivity contribution in [3.05, 3.63) is 65.3 Å². The van der Waals surface area contributed by atoms with Crippen molar-refractivity contribution in [1.82, 2.24) is 20.1 Å². The highest BCUT2D eigenvalue weighted by Gasteiger charge is 2.53. The van der Waals surface area contributed by atoms with E-state index in [1.807, 2.05) is 6.33 Å². The van der Waals surface area contributed by atoms with Gasteiger partial charge in [0.25, 0.3) is 0 Å². The summed E-state index contributed by atoms with van der Waals surface area (Å²) >= 11 is 0. The molecule has 6 rings (SSSR count). The summed E-state index contributed by atoms with van der Waals surface area (Å²) in [5.41, 5.74) is 6.34. The van der Waals surface area contributed by atoms with Crippen molar-refractivity contribution in [3.8, 4) is 0 Å². The molecule has 132 valence electrons. The summed E-state index contributed by atoms with van der Waals surface area (Å²) in [4.78, 5) is 0. The standard InChI is InChI=1S/C22H24N4/c1-4-8-18-15(5-1)11-20(26-14-24-25-21(18)26)22-9-10-23-13-19(22)17-7-3-2-6-16(17)12-22/h2-4,6-8,14,19-20,23H,1,5,9-13H2. The Morgan fingerprint density at radius 2 is 2.19 bits per heavy atom. The molecule has 3 atom stereocenters. The molecule has 4 aliphatic rings. The molecule has 3 heterocycles. The second-order valence-electron chi connectivity index (χ2n) is 8.36. The maximum absolute atomic E-state index is 4.53. The summed E-state index contributed by atoms with van der Waals surface area (Å²) in [6.45, 7) is 2.21. The molecule has 26 heavy (non-hydrogen) atoms. The van der Waals surface area contributed by atoms with E-state index in [9.17, 15) is 0 Å². The first-order valence-corrected chi connectivity index (χ1v) is 9.94. The SMILES string of the molecule is C1=CC2=C(CC1)CC(C13CCNCC1c1ccccc1C3)n1cnnc12. The Hall–Kier alpha value is -2.20. The van der Waals surface area contributed by atoms with Crippen molar-refractivity contribution in [1.29, 1.82) is 0 Å². The first-order valence-electron chi connectivity index (χ1n) is 9.94. The van der Waals surface area contributed by atoms with Crippen molar-refractivity contribution >= 4 is 5.57 Å². The van der Waals surface area contributed by atoms with Crippen LogP contribution in [-0.2, 0) is 6.42 Å². The van der Waals surface area contributed by atoms with Gasteiger partial charge in [-0.2, -0.15) is 0 Å². The van der Waals surface area contributed by atoms with Crippen molar-refractivity contribution < 1.29 is 0 Å². The van der Waals surface area contributed by atoms with Gasteiger partial charge in [-0.3, -0.25) is 0 Å². The smallest absolute Gasteiger partial charge is 0.163 e.